The molecular formula is C20H38N4O5S. The van der Waals surface area contributed by atoms with Crippen molar-refractivity contribution in [2.75, 3.05) is 5.75 Å². The van der Waals surface area contributed by atoms with Gasteiger partial charge in [-0.1, -0.05) is 41.5 Å². The van der Waals surface area contributed by atoms with Crippen molar-refractivity contribution in [2.24, 2.45) is 23.5 Å². The van der Waals surface area contributed by atoms with Crippen LogP contribution in [0, 0.1) is 17.8 Å². The van der Waals surface area contributed by atoms with Crippen LogP contribution >= 0.6 is 12.6 Å². The molecule has 0 aromatic carbocycles. The number of thiol groups is 1. The number of carbonyl (C=O) groups excluding carboxylic acids is 3. The topological polar surface area (TPSA) is 151 Å². The van der Waals surface area contributed by atoms with Gasteiger partial charge in [-0.15, -0.1) is 0 Å². The number of nitrogens with one attached hydrogen (secondary N) is 3. The maximum Gasteiger partial charge on any atom is 0.326 e. The Morgan fingerprint density at radius 2 is 1.30 bits per heavy atom. The van der Waals surface area contributed by atoms with Crippen molar-refractivity contribution < 1.29 is 24.3 Å². The maximum absolute atomic E-state index is 12.7. The molecule has 0 radical (unpaired) electrons. The summed E-state index contributed by atoms with van der Waals surface area (Å²) in [5.41, 5.74) is 5.85. The summed E-state index contributed by atoms with van der Waals surface area (Å²) in [5.74, 6) is -2.78. The molecule has 0 bridgehead atoms. The van der Waals surface area contributed by atoms with Gasteiger partial charge in [-0.05, 0) is 30.6 Å². The van der Waals surface area contributed by atoms with Crippen LogP contribution in [0.15, 0.2) is 0 Å². The van der Waals surface area contributed by atoms with Gasteiger partial charge in [-0.2, -0.15) is 12.6 Å². The zero-order valence-electron chi connectivity index (χ0n) is 18.8. The summed E-state index contributed by atoms with van der Waals surface area (Å²) in [5, 5.41) is 17.0. The van der Waals surface area contributed by atoms with E-state index in [2.05, 4.69) is 28.6 Å². The highest BCUT2D eigenvalue weighted by Gasteiger charge is 2.31. The van der Waals surface area contributed by atoms with Crippen LogP contribution in [-0.4, -0.2) is 58.7 Å². The first-order valence-corrected chi connectivity index (χ1v) is 10.9. The van der Waals surface area contributed by atoms with Gasteiger partial charge in [0, 0.05) is 5.75 Å². The summed E-state index contributed by atoms with van der Waals surface area (Å²) in [4.78, 5) is 49.0. The van der Waals surface area contributed by atoms with Crippen molar-refractivity contribution in [3.05, 3.63) is 0 Å². The van der Waals surface area contributed by atoms with Crippen molar-refractivity contribution in [3.63, 3.8) is 0 Å². The molecule has 4 atom stereocenters. The van der Waals surface area contributed by atoms with E-state index in [1.807, 2.05) is 27.7 Å². The van der Waals surface area contributed by atoms with Gasteiger partial charge in [-0.25, -0.2) is 4.79 Å². The van der Waals surface area contributed by atoms with E-state index in [9.17, 15) is 24.3 Å². The highest BCUT2D eigenvalue weighted by atomic mass is 32.1. The number of aliphatic carboxylic acids is 1. The minimum absolute atomic E-state index is 0.0174. The Labute approximate surface area is 184 Å². The van der Waals surface area contributed by atoms with Crippen LogP contribution in [-0.2, 0) is 19.2 Å². The Morgan fingerprint density at radius 1 is 0.800 bits per heavy atom. The molecule has 9 nitrogen and oxygen atoms in total. The Kier molecular flexibility index (Phi) is 12.7. The molecule has 0 fully saturated rings. The zero-order chi connectivity index (χ0) is 23.6. The highest BCUT2D eigenvalue weighted by molar-refractivity contribution is 7.80. The van der Waals surface area contributed by atoms with Crippen LogP contribution in [0.25, 0.3) is 0 Å². The molecule has 0 saturated carbocycles. The van der Waals surface area contributed by atoms with E-state index in [1.165, 1.54) is 0 Å². The number of carboxylic acids is 1. The lowest BCUT2D eigenvalue weighted by Gasteiger charge is -2.27. The molecule has 3 amide bonds. The average molecular weight is 447 g/mol. The second-order valence-corrected chi connectivity index (χ2v) is 9.10. The first-order chi connectivity index (χ1) is 13.8. The summed E-state index contributed by atoms with van der Waals surface area (Å²) in [6.07, 6.45) is 0.735. The molecule has 6 N–H and O–H groups in total. The second-order valence-electron chi connectivity index (χ2n) is 8.74. The van der Waals surface area contributed by atoms with E-state index in [4.69, 9.17) is 5.73 Å². The summed E-state index contributed by atoms with van der Waals surface area (Å²) in [6.45, 7) is 11.0. The molecule has 0 aliphatic rings. The number of carbonyl (C=O) groups is 4. The van der Waals surface area contributed by atoms with Gasteiger partial charge in [0.2, 0.25) is 17.7 Å². The molecule has 4 unspecified atom stereocenters. The van der Waals surface area contributed by atoms with Gasteiger partial charge >= 0.3 is 5.97 Å². The fourth-order valence-electron chi connectivity index (χ4n) is 2.83. The van der Waals surface area contributed by atoms with Gasteiger partial charge < -0.3 is 26.8 Å². The van der Waals surface area contributed by atoms with Crippen molar-refractivity contribution in [3.8, 4) is 0 Å². The summed E-state index contributed by atoms with van der Waals surface area (Å²) >= 11 is 4.12. The molecule has 174 valence electrons. The lowest BCUT2D eigenvalue weighted by Crippen LogP contribution is -2.59. The molecule has 0 rings (SSSR count). The van der Waals surface area contributed by atoms with E-state index < -0.39 is 47.9 Å². The normalized spacial score (nSPS) is 15.4. The SMILES string of the molecule is CC(C)CC(N)C(=O)NC(CS)C(=O)NC(C(=O)NC(CC(C)C)C(=O)O)C(C)C. The predicted molar refractivity (Wildman–Crippen MR) is 119 cm³/mol. The standard InChI is InChI=1S/C20H38N4O5S/c1-10(2)7-13(21)17(25)23-15(9-30)18(26)24-16(12(5)6)19(27)22-14(20(28)29)8-11(3)4/h10-16,30H,7-9,21H2,1-6H3,(H,22,27)(H,23,25)(H,24,26)(H,28,29). The molecule has 0 aromatic heterocycles. The molecule has 0 aliphatic heterocycles. The van der Waals surface area contributed by atoms with Crippen LogP contribution < -0.4 is 21.7 Å². The summed E-state index contributed by atoms with van der Waals surface area (Å²) in [6, 6.07) is -3.74. The first kappa shape index (κ1) is 28.2. The number of amides is 3. The third-order valence-electron chi connectivity index (χ3n) is 4.45. The third-order valence-corrected chi connectivity index (χ3v) is 4.81. The molecule has 0 spiro atoms. The quantitative estimate of drug-likeness (QED) is 0.227. The fraction of sp³-hybridized carbons (Fsp3) is 0.800. The predicted octanol–water partition coefficient (Wildman–Crippen LogP) is 0.531. The maximum atomic E-state index is 12.7. The van der Waals surface area contributed by atoms with Crippen molar-refractivity contribution in [1.82, 2.24) is 16.0 Å². The minimum atomic E-state index is -1.13. The monoisotopic (exact) mass is 446 g/mol. The van der Waals surface area contributed by atoms with E-state index in [-0.39, 0.29) is 29.9 Å². The van der Waals surface area contributed by atoms with Crippen LogP contribution in [0.4, 0.5) is 0 Å². The average Bonchev–Trinajstić information content (AvgIpc) is 2.61. The number of hydrogen-bond donors (Lipinski definition) is 6. The lowest BCUT2D eigenvalue weighted by molar-refractivity contribution is -0.143. The number of carboxylic acid groups (broad SMARTS) is 1. The van der Waals surface area contributed by atoms with E-state index >= 15 is 0 Å². The molecular weight excluding hydrogens is 408 g/mol. The van der Waals surface area contributed by atoms with Crippen LogP contribution in [0.5, 0.6) is 0 Å². The van der Waals surface area contributed by atoms with Gasteiger partial charge in [0.25, 0.3) is 0 Å². The van der Waals surface area contributed by atoms with Crippen molar-refractivity contribution >= 4 is 36.3 Å². The van der Waals surface area contributed by atoms with Crippen LogP contribution in [0.3, 0.4) is 0 Å². The highest BCUT2D eigenvalue weighted by Crippen LogP contribution is 2.09. The number of nitrogens with two attached hydrogens (primary N) is 1. The molecule has 30 heavy (non-hydrogen) atoms. The molecule has 10 heteroatoms. The fourth-order valence-corrected chi connectivity index (χ4v) is 3.09. The van der Waals surface area contributed by atoms with E-state index in [0.29, 0.717) is 6.42 Å². The molecule has 0 aliphatic carbocycles. The van der Waals surface area contributed by atoms with E-state index in [0.717, 1.165) is 0 Å². The van der Waals surface area contributed by atoms with Crippen LogP contribution in [0.1, 0.15) is 54.4 Å². The third kappa shape index (κ3) is 10.3. The van der Waals surface area contributed by atoms with E-state index in [1.54, 1.807) is 13.8 Å². The molecule has 0 heterocycles. The Bertz CT molecular complexity index is 598. The molecule has 0 saturated heterocycles. The Balaban J connectivity index is 5.17. The van der Waals surface area contributed by atoms with Crippen molar-refractivity contribution in [2.45, 2.75) is 78.6 Å². The largest absolute Gasteiger partial charge is 0.480 e. The Hall–Kier alpha value is -1.81. The van der Waals surface area contributed by atoms with Crippen LogP contribution in [0.2, 0.25) is 0 Å². The molecule has 0 aromatic rings. The van der Waals surface area contributed by atoms with Crippen molar-refractivity contribution in [1.29, 1.82) is 0 Å². The van der Waals surface area contributed by atoms with Gasteiger partial charge in [0.05, 0.1) is 6.04 Å². The van der Waals surface area contributed by atoms with Gasteiger partial charge in [0.15, 0.2) is 0 Å². The number of rotatable bonds is 13. The zero-order valence-corrected chi connectivity index (χ0v) is 19.7. The summed E-state index contributed by atoms with van der Waals surface area (Å²) in [7, 11) is 0. The van der Waals surface area contributed by atoms with Gasteiger partial charge in [0.1, 0.15) is 18.1 Å². The minimum Gasteiger partial charge on any atom is -0.480 e. The lowest BCUT2D eigenvalue weighted by atomic mass is 10.00. The Morgan fingerprint density at radius 3 is 1.70 bits per heavy atom. The summed E-state index contributed by atoms with van der Waals surface area (Å²) < 4.78 is 0. The first-order valence-electron chi connectivity index (χ1n) is 10.3. The number of hydrogen-bond acceptors (Lipinski definition) is 6. The van der Waals surface area contributed by atoms with Gasteiger partial charge in [-0.3, -0.25) is 14.4 Å². The second kappa shape index (κ2) is 13.5. The smallest absolute Gasteiger partial charge is 0.326 e.